The highest BCUT2D eigenvalue weighted by molar-refractivity contribution is 9.10. The second kappa shape index (κ2) is 7.75. The van der Waals surface area contributed by atoms with E-state index < -0.39 is 11.2 Å². The van der Waals surface area contributed by atoms with Crippen molar-refractivity contribution in [1.82, 2.24) is 18.7 Å². The van der Waals surface area contributed by atoms with Crippen LogP contribution in [0.15, 0.2) is 68.9 Å². The fraction of sp³-hybridized carbons (Fsp3) is 0.143. The number of aromatic nitrogens is 4. The lowest BCUT2D eigenvalue weighted by Gasteiger charge is -2.10. The molecule has 0 saturated heterocycles. The molecule has 152 valence electrons. The second-order valence-corrected chi connectivity index (χ2v) is 7.55. The number of benzene rings is 2. The van der Waals surface area contributed by atoms with Crippen LogP contribution in [0.2, 0.25) is 0 Å². The van der Waals surface area contributed by atoms with Crippen LogP contribution in [0.25, 0.3) is 22.3 Å². The van der Waals surface area contributed by atoms with Crippen LogP contribution in [0.3, 0.4) is 0 Å². The summed E-state index contributed by atoms with van der Waals surface area (Å²) in [6, 6.07) is 17.5. The minimum Gasteiger partial charge on any atom is -0.325 e. The van der Waals surface area contributed by atoms with Crippen LogP contribution in [0, 0.1) is 0 Å². The number of nitrogens with one attached hydrogen (secondary N) is 1. The maximum Gasteiger partial charge on any atom is 0.332 e. The first kappa shape index (κ1) is 19.8. The summed E-state index contributed by atoms with van der Waals surface area (Å²) in [5.41, 5.74) is 2.18. The Labute approximate surface area is 179 Å². The molecule has 0 fully saturated rings. The number of rotatable bonds is 4. The summed E-state index contributed by atoms with van der Waals surface area (Å²) < 4.78 is 4.08. The number of carbonyl (C=O) groups is 1. The van der Waals surface area contributed by atoms with Gasteiger partial charge in [-0.2, -0.15) is 0 Å². The number of carbonyl (C=O) groups excluding carboxylic acids is 1. The van der Waals surface area contributed by atoms with Crippen LogP contribution in [0.1, 0.15) is 0 Å². The summed E-state index contributed by atoms with van der Waals surface area (Å²) in [7, 11) is 2.93. The molecular weight excluding hydrogens is 450 g/mol. The minimum absolute atomic E-state index is 0.113. The van der Waals surface area contributed by atoms with Crippen molar-refractivity contribution in [1.29, 1.82) is 0 Å². The normalized spacial score (nSPS) is 11.0. The molecular formula is C21H18BrN5O3. The molecule has 0 aliphatic carbocycles. The Morgan fingerprint density at radius 1 is 0.967 bits per heavy atom. The van der Waals surface area contributed by atoms with Crippen LogP contribution in [-0.4, -0.2) is 24.6 Å². The summed E-state index contributed by atoms with van der Waals surface area (Å²) in [6.45, 7) is -0.113. The maximum atomic E-state index is 12.6. The van der Waals surface area contributed by atoms with Crippen molar-refractivity contribution in [3.8, 4) is 11.1 Å². The van der Waals surface area contributed by atoms with Crippen molar-refractivity contribution in [2.45, 2.75) is 6.54 Å². The molecule has 0 bridgehead atoms. The van der Waals surface area contributed by atoms with Gasteiger partial charge >= 0.3 is 5.69 Å². The minimum atomic E-state index is -0.510. The molecule has 8 nitrogen and oxygen atoms in total. The second-order valence-electron chi connectivity index (χ2n) is 6.84. The standard InChI is InChI=1S/C21H18BrN5O3/c1-25-18-17(19(29)26(2)21(25)30)24-20(22)27(18)12-16(28)23-15-10-8-14(9-11-15)13-6-4-3-5-7-13/h3-11H,12H2,1-2H3,(H,23,28). The van der Waals surface area contributed by atoms with Gasteiger partial charge in [0.2, 0.25) is 5.91 Å². The monoisotopic (exact) mass is 467 g/mol. The number of anilines is 1. The Morgan fingerprint density at radius 2 is 1.60 bits per heavy atom. The van der Waals surface area contributed by atoms with Crippen LogP contribution in [0.4, 0.5) is 5.69 Å². The lowest BCUT2D eigenvalue weighted by molar-refractivity contribution is -0.116. The molecule has 0 aliphatic rings. The number of imidazole rings is 1. The van der Waals surface area contributed by atoms with E-state index in [2.05, 4.69) is 26.2 Å². The molecule has 0 aliphatic heterocycles. The van der Waals surface area contributed by atoms with Gasteiger partial charge in [-0.15, -0.1) is 0 Å². The van der Waals surface area contributed by atoms with Gasteiger partial charge in [0.1, 0.15) is 6.54 Å². The predicted molar refractivity (Wildman–Crippen MR) is 118 cm³/mol. The lowest BCUT2D eigenvalue weighted by Crippen LogP contribution is -2.37. The molecule has 0 atom stereocenters. The number of halogens is 1. The molecule has 9 heteroatoms. The van der Waals surface area contributed by atoms with Gasteiger partial charge in [0, 0.05) is 19.8 Å². The summed E-state index contributed by atoms with van der Waals surface area (Å²) in [5, 5.41) is 2.83. The van der Waals surface area contributed by atoms with E-state index >= 15 is 0 Å². The fourth-order valence-corrected chi connectivity index (χ4v) is 3.79. The van der Waals surface area contributed by atoms with Crippen molar-refractivity contribution < 1.29 is 4.79 Å². The topological polar surface area (TPSA) is 90.9 Å². The maximum absolute atomic E-state index is 12.6. The Balaban J connectivity index is 1.59. The van der Waals surface area contributed by atoms with Gasteiger partial charge in [0.25, 0.3) is 5.56 Å². The van der Waals surface area contributed by atoms with Crippen LogP contribution in [-0.2, 0) is 25.4 Å². The molecule has 0 saturated carbocycles. The average molecular weight is 468 g/mol. The highest BCUT2D eigenvalue weighted by Gasteiger charge is 2.19. The van der Waals surface area contributed by atoms with E-state index in [1.165, 1.54) is 23.2 Å². The third-order valence-corrected chi connectivity index (χ3v) is 5.48. The Kier molecular flexibility index (Phi) is 5.13. The van der Waals surface area contributed by atoms with E-state index in [-0.39, 0.29) is 23.6 Å². The van der Waals surface area contributed by atoms with Gasteiger partial charge in [0.15, 0.2) is 15.9 Å². The largest absolute Gasteiger partial charge is 0.332 e. The zero-order valence-electron chi connectivity index (χ0n) is 16.3. The van der Waals surface area contributed by atoms with E-state index in [1.807, 2.05) is 54.6 Å². The van der Waals surface area contributed by atoms with Crippen LogP contribution < -0.4 is 16.6 Å². The number of fused-ring (bicyclic) bond motifs is 1. The predicted octanol–water partition coefficient (Wildman–Crippen LogP) is 2.50. The molecule has 1 amide bonds. The Morgan fingerprint density at radius 3 is 2.27 bits per heavy atom. The molecule has 0 unspecified atom stereocenters. The van der Waals surface area contributed by atoms with Crippen LogP contribution >= 0.6 is 15.9 Å². The molecule has 4 rings (SSSR count). The molecule has 2 aromatic carbocycles. The number of hydrogen-bond acceptors (Lipinski definition) is 4. The first-order chi connectivity index (χ1) is 14.4. The molecule has 2 heterocycles. The fourth-order valence-electron chi connectivity index (χ4n) is 3.32. The number of amides is 1. The first-order valence-electron chi connectivity index (χ1n) is 9.14. The van der Waals surface area contributed by atoms with E-state index in [1.54, 1.807) is 0 Å². The number of aryl methyl sites for hydroxylation is 1. The number of hydrogen-bond donors (Lipinski definition) is 1. The molecule has 1 N–H and O–H groups in total. The van der Waals surface area contributed by atoms with Gasteiger partial charge < -0.3 is 5.32 Å². The third kappa shape index (κ3) is 3.48. The SMILES string of the molecule is Cn1c(=O)c2nc(Br)n(CC(=O)Nc3ccc(-c4ccccc4)cc3)c2n(C)c1=O. The van der Waals surface area contributed by atoms with E-state index in [9.17, 15) is 14.4 Å². The van der Waals surface area contributed by atoms with Crippen molar-refractivity contribution in [2.24, 2.45) is 14.1 Å². The third-order valence-electron chi connectivity index (χ3n) is 4.87. The van der Waals surface area contributed by atoms with Crippen molar-refractivity contribution in [2.75, 3.05) is 5.32 Å². The molecule has 0 radical (unpaired) electrons. The smallest absolute Gasteiger partial charge is 0.325 e. The van der Waals surface area contributed by atoms with E-state index in [0.717, 1.165) is 15.7 Å². The molecule has 30 heavy (non-hydrogen) atoms. The first-order valence-corrected chi connectivity index (χ1v) is 9.93. The Hall–Kier alpha value is -3.46. The zero-order valence-corrected chi connectivity index (χ0v) is 17.9. The summed E-state index contributed by atoms with van der Waals surface area (Å²) in [6.07, 6.45) is 0. The Bertz CT molecular complexity index is 1370. The highest BCUT2D eigenvalue weighted by Crippen LogP contribution is 2.21. The molecule has 4 aromatic rings. The van der Waals surface area contributed by atoms with E-state index in [0.29, 0.717) is 10.4 Å². The summed E-state index contributed by atoms with van der Waals surface area (Å²) >= 11 is 3.28. The molecule has 2 aromatic heterocycles. The zero-order chi connectivity index (χ0) is 21.4. The lowest BCUT2D eigenvalue weighted by atomic mass is 10.1. The van der Waals surface area contributed by atoms with Gasteiger partial charge in [-0.25, -0.2) is 9.78 Å². The van der Waals surface area contributed by atoms with Gasteiger partial charge in [-0.1, -0.05) is 42.5 Å². The van der Waals surface area contributed by atoms with Gasteiger partial charge in [-0.3, -0.25) is 23.3 Å². The molecule has 0 spiro atoms. The highest BCUT2D eigenvalue weighted by atomic mass is 79.9. The van der Waals surface area contributed by atoms with Crippen LogP contribution in [0.5, 0.6) is 0 Å². The van der Waals surface area contributed by atoms with Gasteiger partial charge in [0.05, 0.1) is 0 Å². The summed E-state index contributed by atoms with van der Waals surface area (Å²) in [5.74, 6) is -0.310. The van der Waals surface area contributed by atoms with Crippen molar-refractivity contribution >= 4 is 38.7 Å². The van der Waals surface area contributed by atoms with E-state index in [4.69, 9.17) is 0 Å². The van der Waals surface area contributed by atoms with Crippen molar-refractivity contribution in [3.63, 3.8) is 0 Å². The quantitative estimate of drug-likeness (QED) is 0.466. The van der Waals surface area contributed by atoms with Gasteiger partial charge in [-0.05, 0) is 39.2 Å². The average Bonchev–Trinajstić information content (AvgIpc) is 3.08. The number of nitrogens with zero attached hydrogens (tertiary/aromatic N) is 4. The summed E-state index contributed by atoms with van der Waals surface area (Å²) in [4.78, 5) is 41.4. The van der Waals surface area contributed by atoms with Crippen molar-refractivity contribution in [3.05, 3.63) is 80.2 Å².